The van der Waals surface area contributed by atoms with Crippen LogP contribution in [0.25, 0.3) is 0 Å². The largest absolute Gasteiger partial charge is 0.358 e. The second-order valence-electron chi connectivity index (χ2n) is 3.10. The van der Waals surface area contributed by atoms with Crippen LogP contribution >= 0.6 is 0 Å². The van der Waals surface area contributed by atoms with Gasteiger partial charge in [-0.1, -0.05) is 13.8 Å². The minimum Gasteiger partial charge on any atom is -0.358 e. The quantitative estimate of drug-likeness (QED) is 0.521. The van der Waals surface area contributed by atoms with Gasteiger partial charge in [-0.15, -0.1) is 0 Å². The summed E-state index contributed by atoms with van der Waals surface area (Å²) in [4.78, 5) is 22.1. The van der Waals surface area contributed by atoms with Gasteiger partial charge in [0.25, 0.3) is 0 Å². The van der Waals surface area contributed by atoms with Gasteiger partial charge in [0.2, 0.25) is 11.8 Å². The van der Waals surface area contributed by atoms with Crippen molar-refractivity contribution in [3.8, 4) is 0 Å². The van der Waals surface area contributed by atoms with Crippen LogP contribution in [-0.4, -0.2) is 38.5 Å². The van der Waals surface area contributed by atoms with Crippen molar-refractivity contribution in [2.45, 2.75) is 13.8 Å². The highest BCUT2D eigenvalue weighted by Crippen LogP contribution is 1.91. The minimum absolute atomic E-state index is 0.0474. The molecule has 3 N–H and O–H groups in total. The minimum atomic E-state index is -0.186. The van der Waals surface area contributed by atoms with E-state index >= 15 is 0 Å². The van der Waals surface area contributed by atoms with E-state index in [2.05, 4.69) is 16.0 Å². The van der Waals surface area contributed by atoms with Gasteiger partial charge in [-0.05, 0) is 6.54 Å². The summed E-state index contributed by atoms with van der Waals surface area (Å²) in [7, 11) is 1.54. The molecule has 0 aromatic carbocycles. The van der Waals surface area contributed by atoms with E-state index in [1.54, 1.807) is 0 Å². The number of carbonyl (C=O) groups excluding carboxylic acids is 2. The van der Waals surface area contributed by atoms with Crippen molar-refractivity contribution < 1.29 is 9.59 Å². The molecule has 0 heterocycles. The van der Waals surface area contributed by atoms with Crippen LogP contribution in [0.4, 0.5) is 0 Å². The Kier molecular flexibility index (Phi) is 6.74. The zero-order chi connectivity index (χ0) is 11.0. The number of amides is 2. The predicted octanol–water partition coefficient (Wildman–Crippen LogP) is -0.906. The lowest BCUT2D eigenvalue weighted by atomic mass is 10.1. The van der Waals surface area contributed by atoms with Gasteiger partial charge in [0.05, 0.1) is 6.54 Å². The summed E-state index contributed by atoms with van der Waals surface area (Å²) < 4.78 is 0. The van der Waals surface area contributed by atoms with Crippen molar-refractivity contribution in [1.82, 2.24) is 16.0 Å². The maximum Gasteiger partial charge on any atom is 0.239 e. The Balaban J connectivity index is 3.67. The molecule has 0 saturated carbocycles. The highest BCUT2D eigenvalue weighted by atomic mass is 16.2. The third kappa shape index (κ3) is 5.53. The molecular weight excluding hydrogens is 182 g/mol. The lowest BCUT2D eigenvalue weighted by molar-refractivity contribution is -0.127. The zero-order valence-electron chi connectivity index (χ0n) is 9.02. The van der Waals surface area contributed by atoms with E-state index < -0.39 is 0 Å². The molecule has 1 unspecified atom stereocenters. The van der Waals surface area contributed by atoms with Crippen LogP contribution in [0.15, 0.2) is 0 Å². The van der Waals surface area contributed by atoms with Gasteiger partial charge in [-0.3, -0.25) is 9.59 Å². The first kappa shape index (κ1) is 12.9. The molecule has 1 atom stereocenters. The smallest absolute Gasteiger partial charge is 0.239 e. The monoisotopic (exact) mass is 201 g/mol. The fourth-order valence-electron chi connectivity index (χ4n) is 0.884. The van der Waals surface area contributed by atoms with Crippen molar-refractivity contribution in [3.63, 3.8) is 0 Å². The highest BCUT2D eigenvalue weighted by Gasteiger charge is 2.12. The molecule has 0 rings (SSSR count). The molecular formula is C9H19N3O2. The first-order valence-corrected chi connectivity index (χ1v) is 4.80. The first-order valence-electron chi connectivity index (χ1n) is 4.80. The van der Waals surface area contributed by atoms with Crippen LogP contribution < -0.4 is 16.0 Å². The van der Waals surface area contributed by atoms with E-state index in [4.69, 9.17) is 0 Å². The molecule has 0 saturated heterocycles. The normalized spacial score (nSPS) is 11.9. The molecule has 0 fully saturated rings. The Morgan fingerprint density at radius 1 is 1.36 bits per heavy atom. The summed E-state index contributed by atoms with van der Waals surface area (Å²) >= 11 is 0. The predicted molar refractivity (Wildman–Crippen MR) is 54.8 cm³/mol. The Bertz CT molecular complexity index is 194. The van der Waals surface area contributed by atoms with Crippen molar-refractivity contribution in [2.75, 3.05) is 26.7 Å². The van der Waals surface area contributed by atoms with E-state index in [0.29, 0.717) is 6.54 Å². The first-order chi connectivity index (χ1) is 6.61. The number of rotatable bonds is 6. The van der Waals surface area contributed by atoms with E-state index in [1.165, 1.54) is 7.05 Å². The average molecular weight is 201 g/mol. The summed E-state index contributed by atoms with van der Waals surface area (Å²) in [5.74, 6) is -0.400. The van der Waals surface area contributed by atoms with Crippen molar-refractivity contribution in [3.05, 3.63) is 0 Å². The summed E-state index contributed by atoms with van der Waals surface area (Å²) in [5, 5.41) is 8.05. The van der Waals surface area contributed by atoms with E-state index in [9.17, 15) is 9.59 Å². The third-order valence-electron chi connectivity index (χ3n) is 1.85. The third-order valence-corrected chi connectivity index (χ3v) is 1.85. The number of hydrogen-bond donors (Lipinski definition) is 3. The molecule has 0 aliphatic heterocycles. The fourth-order valence-corrected chi connectivity index (χ4v) is 0.884. The molecule has 0 aromatic rings. The second kappa shape index (κ2) is 7.32. The number of hydrogen-bond acceptors (Lipinski definition) is 3. The van der Waals surface area contributed by atoms with Gasteiger partial charge in [0.1, 0.15) is 0 Å². The van der Waals surface area contributed by atoms with Gasteiger partial charge >= 0.3 is 0 Å². The highest BCUT2D eigenvalue weighted by molar-refractivity contribution is 5.85. The lowest BCUT2D eigenvalue weighted by Gasteiger charge is -2.11. The summed E-state index contributed by atoms with van der Waals surface area (Å²) in [6.07, 6.45) is 0. The lowest BCUT2D eigenvalue weighted by Crippen LogP contribution is -2.40. The summed E-state index contributed by atoms with van der Waals surface area (Å²) in [5.41, 5.74) is 0. The fraction of sp³-hybridized carbons (Fsp3) is 0.778. The van der Waals surface area contributed by atoms with Gasteiger partial charge in [-0.2, -0.15) is 0 Å². The van der Waals surface area contributed by atoms with Gasteiger partial charge < -0.3 is 16.0 Å². The summed E-state index contributed by atoms with van der Waals surface area (Å²) in [6, 6.07) is 0. The molecule has 0 aliphatic carbocycles. The molecule has 2 amide bonds. The van der Waals surface area contributed by atoms with Gasteiger partial charge in [0, 0.05) is 19.5 Å². The van der Waals surface area contributed by atoms with E-state index in [-0.39, 0.29) is 24.3 Å². The van der Waals surface area contributed by atoms with Crippen LogP contribution in [-0.2, 0) is 9.59 Å². The van der Waals surface area contributed by atoms with E-state index in [1.807, 2.05) is 13.8 Å². The van der Waals surface area contributed by atoms with E-state index in [0.717, 1.165) is 6.54 Å². The van der Waals surface area contributed by atoms with Crippen LogP contribution in [0.2, 0.25) is 0 Å². The van der Waals surface area contributed by atoms with Gasteiger partial charge in [-0.25, -0.2) is 0 Å². The summed E-state index contributed by atoms with van der Waals surface area (Å²) in [6.45, 7) is 5.33. The van der Waals surface area contributed by atoms with Crippen LogP contribution in [0.5, 0.6) is 0 Å². The molecule has 14 heavy (non-hydrogen) atoms. The Hall–Kier alpha value is -1.10. The van der Waals surface area contributed by atoms with Crippen LogP contribution in [0, 0.1) is 5.92 Å². The number of nitrogens with one attached hydrogen (secondary N) is 3. The SMILES string of the molecule is CCNCC(C)C(=O)NCC(=O)NC. The maximum atomic E-state index is 11.3. The Morgan fingerprint density at radius 2 is 2.00 bits per heavy atom. The molecule has 0 radical (unpaired) electrons. The molecule has 82 valence electrons. The van der Waals surface area contributed by atoms with Crippen molar-refractivity contribution in [1.29, 1.82) is 0 Å². The Morgan fingerprint density at radius 3 is 2.50 bits per heavy atom. The molecule has 0 aromatic heterocycles. The average Bonchev–Trinajstić information content (AvgIpc) is 2.21. The van der Waals surface area contributed by atoms with Crippen LogP contribution in [0.3, 0.4) is 0 Å². The topological polar surface area (TPSA) is 70.2 Å². The molecule has 0 spiro atoms. The second-order valence-corrected chi connectivity index (χ2v) is 3.10. The maximum absolute atomic E-state index is 11.3. The van der Waals surface area contributed by atoms with Crippen molar-refractivity contribution >= 4 is 11.8 Å². The van der Waals surface area contributed by atoms with Gasteiger partial charge in [0.15, 0.2) is 0 Å². The number of carbonyl (C=O) groups is 2. The van der Waals surface area contributed by atoms with Crippen molar-refractivity contribution in [2.24, 2.45) is 5.92 Å². The molecule has 5 nitrogen and oxygen atoms in total. The molecule has 0 bridgehead atoms. The molecule has 0 aliphatic rings. The Labute approximate surface area is 84.6 Å². The zero-order valence-corrected chi connectivity index (χ0v) is 9.02. The standard InChI is InChI=1S/C9H19N3O2/c1-4-11-5-7(2)9(14)12-6-8(13)10-3/h7,11H,4-6H2,1-3H3,(H,10,13)(H,12,14). The molecule has 5 heteroatoms. The van der Waals surface area contributed by atoms with Crippen LogP contribution in [0.1, 0.15) is 13.8 Å². The number of likely N-dealkylation sites (N-methyl/N-ethyl adjacent to an activating group) is 1.